The van der Waals surface area contributed by atoms with Crippen LogP contribution in [0.1, 0.15) is 248 Å². The number of benzene rings is 3. The SMILES string of the molecule is CC(=O)N[C@@H](CC(C)C)C(=O)N[C@H](C(=O)N[C@@H](Cc1ccccc1)C(=O)N[C@]1(C)CCCCCC/C=C/CCC[C@@](C)(C(=O)CN[C@@H](C)C(=O)CCC(=O)[C@H](C)NCCN[C@@H](C)C(=O)CCN[C@@H](C)C(=O)CCC(=O)[C@H](C)NCN(C)CC(N)=O)NC(=O)[C@H](CC(C)C)NN[C@@H](CCC(N)=O)C(=O)CC(=O)[C@H](C)NCC(=O)[C@H](Cc2c[nH]c3ccccc23)NC(=O)[C@H](Cc2ccc(O)cc2)NN[C@@H](CCC(=O)O)C(=O)C1=O)[C@@H](C)O. The topological polar surface area (TPSA) is 666 Å². The Balaban J connectivity index is 1.45. The summed E-state index contributed by atoms with van der Waals surface area (Å²) in [6.07, 6.45) is 2.88. The van der Waals surface area contributed by atoms with Crippen molar-refractivity contribution in [2.45, 2.75) is 353 Å². The first kappa shape index (κ1) is 128. The fraction of sp³-hybridized carbons (Fsp3) is 0.607. The molecule has 0 saturated carbocycles. The maximum Gasteiger partial charge on any atom is 0.303 e. The molecule has 3 aromatic carbocycles. The number of hydrogen-bond donors (Lipinski definition) is 22. The van der Waals surface area contributed by atoms with Crippen LogP contribution in [0.25, 0.3) is 10.9 Å². The van der Waals surface area contributed by atoms with E-state index in [0.29, 0.717) is 72.7 Å². The van der Waals surface area contributed by atoms with Gasteiger partial charge < -0.3 is 90.3 Å². The number of aliphatic hydroxyl groups is 1. The number of carboxylic acids is 1. The smallest absolute Gasteiger partial charge is 0.303 e. The molecule has 4 aromatic rings. The van der Waals surface area contributed by atoms with Crippen molar-refractivity contribution in [3.63, 3.8) is 0 Å². The number of allylic oxidation sites excluding steroid dienone is 2. The van der Waals surface area contributed by atoms with E-state index in [-0.39, 0.29) is 163 Å². The quantitative estimate of drug-likeness (QED) is 0.00985. The number of nitrogens with one attached hydrogen (secondary N) is 17. The van der Waals surface area contributed by atoms with Gasteiger partial charge in [-0.15, -0.1) is 0 Å². The number of rotatable bonds is 53. The number of aromatic nitrogens is 1. The molecule has 1 aromatic heterocycles. The Morgan fingerprint density at radius 2 is 1.07 bits per heavy atom. The van der Waals surface area contributed by atoms with Gasteiger partial charge in [-0.25, -0.2) is 21.7 Å². The van der Waals surface area contributed by atoms with Crippen LogP contribution in [0.5, 0.6) is 5.75 Å². The molecule has 2 heterocycles. The number of aliphatic carboxylic acids is 1. The summed E-state index contributed by atoms with van der Waals surface area (Å²) >= 11 is 0. The van der Waals surface area contributed by atoms with Crippen molar-refractivity contribution in [3.05, 3.63) is 114 Å². The maximum absolute atomic E-state index is 15.7. The number of carboxylic acid groups (broad SMARTS) is 1. The lowest BCUT2D eigenvalue weighted by Gasteiger charge is -2.33. The maximum atomic E-state index is 15.7. The molecule has 43 heteroatoms. The summed E-state index contributed by atoms with van der Waals surface area (Å²) in [5.74, 6) is -14.7. The van der Waals surface area contributed by atoms with Crippen LogP contribution in [0.2, 0.25) is 0 Å². The molecule has 43 nitrogen and oxygen atoms in total. The van der Waals surface area contributed by atoms with Crippen LogP contribution in [0, 0.1) is 11.8 Å². The third-order valence-electron chi connectivity index (χ3n) is 26.5. The molecule has 150 heavy (non-hydrogen) atoms. The third-order valence-corrected chi connectivity index (χ3v) is 26.5. The van der Waals surface area contributed by atoms with Crippen LogP contribution in [-0.4, -0.2) is 297 Å². The third kappa shape index (κ3) is 46.8. The number of aliphatic hydroxyl groups excluding tert-OH is 1. The van der Waals surface area contributed by atoms with Crippen molar-refractivity contribution in [2.75, 3.05) is 53.0 Å². The van der Waals surface area contributed by atoms with Gasteiger partial charge in [0.1, 0.15) is 64.6 Å². The van der Waals surface area contributed by atoms with Crippen molar-refractivity contribution in [2.24, 2.45) is 23.3 Å². The van der Waals surface area contributed by atoms with Gasteiger partial charge in [0, 0.05) is 108 Å². The first-order valence-corrected chi connectivity index (χ1v) is 52.1. The number of H-pyrrole nitrogens is 1. The Morgan fingerprint density at radius 3 is 1.66 bits per heavy atom. The highest BCUT2D eigenvalue weighted by molar-refractivity contribution is 6.42. The number of primary amides is 2. The largest absolute Gasteiger partial charge is 0.508 e. The number of hydrazine groups is 2. The standard InChI is InChI=1S/C107H164N20O23/c1-63(2)52-82(117-72(12)129)101(146)120-98(71(11)128)105(150)119-83(54-73-30-24-23-25-31-73)103(148)122-107(14)48-29-22-20-18-16-17-19-21-28-47-106(13,94(139)60-114-68(8)88(133)42-40-87(132)66(6)111-50-51-112-67(7)90(135)46-49-110-65(5)86(131)41-43-89(134)69(9)116-62-127(15)61-96(109)141)121-104(149)84(53-64(3)4)125-123-79(38-44-95(108)140)92(137)57-91(136)70(10)113-59-93(138)81(56-75-58-115-78-33-27-26-32-77(75)78)118-102(147)85(55-74-34-36-76(130)37-35-74)126-124-80(39-45-97(142)143)99(144)100(107)145/h17,19,23-27,30-37,58,63-71,79-85,98,110-116,123-126,128,130H,16,18,20-22,28-29,38-57,59-62H2,1-15H3,(H2,108,140)(H2,109,141)(H,117,129)(H,118,147)(H,119,150)(H,120,146)(H,121,149)(H,122,148)(H,142,143)/b19-17+/t65-,66-,67-,68-,69-,70-,71+,79-,80-,81-,82-,83-,84-,85-,98-,106-,107+/m0/s1. The number of aromatic hydroxyl groups is 1. The predicted molar refractivity (Wildman–Crippen MR) is 564 cm³/mol. The number of hydrogen-bond acceptors (Lipinski definition) is 33. The summed E-state index contributed by atoms with van der Waals surface area (Å²) in [6.45, 7) is 22.1. The first-order valence-electron chi connectivity index (χ1n) is 52.1. The van der Waals surface area contributed by atoms with E-state index in [4.69, 9.17) is 11.5 Å². The number of likely N-dealkylation sites (N-methyl/N-ethyl adjacent to an activating group) is 1. The molecule has 5 rings (SSSR count). The molecular weight excluding hydrogens is 1930 g/mol. The van der Waals surface area contributed by atoms with Gasteiger partial charge in [-0.05, 0) is 187 Å². The molecule has 17 atom stereocenters. The molecule has 1 aliphatic rings. The first-order chi connectivity index (χ1) is 70.8. The molecular formula is C107H164N20O23. The van der Waals surface area contributed by atoms with E-state index < -0.39 is 228 Å². The van der Waals surface area contributed by atoms with Crippen LogP contribution in [0.15, 0.2) is 97.2 Å². The summed E-state index contributed by atoms with van der Waals surface area (Å²) in [5, 5.41) is 66.9. The van der Waals surface area contributed by atoms with Crippen LogP contribution in [0.4, 0.5) is 0 Å². The van der Waals surface area contributed by atoms with Crippen molar-refractivity contribution in [1.82, 2.24) is 95.4 Å². The molecule has 0 aliphatic carbocycles. The number of Topliss-reactive ketones (excluding diaryl/α,β-unsaturated/α-hetero) is 11. The average molecular weight is 2100 g/mol. The van der Waals surface area contributed by atoms with Gasteiger partial charge in [0.05, 0.1) is 92.1 Å². The number of carbonyl (C=O) groups excluding carboxylic acids is 19. The Hall–Kier alpha value is -12.1. The van der Waals surface area contributed by atoms with Crippen molar-refractivity contribution >= 4 is 128 Å². The fourth-order valence-electron chi connectivity index (χ4n) is 17.0. The van der Waals surface area contributed by atoms with Crippen LogP contribution < -0.4 is 97.0 Å². The number of fused-ring (bicyclic) bond motifs is 1. The van der Waals surface area contributed by atoms with Gasteiger partial charge in [-0.1, -0.05) is 120 Å². The van der Waals surface area contributed by atoms with E-state index in [2.05, 4.69) is 90.5 Å². The number of aromatic amines is 1. The summed E-state index contributed by atoms with van der Waals surface area (Å²) in [5.41, 5.74) is 20.6. The van der Waals surface area contributed by atoms with Gasteiger partial charge in [-0.2, -0.15) is 0 Å². The number of nitrogens with zero attached hydrogens (tertiary/aromatic N) is 1. The zero-order chi connectivity index (χ0) is 112. The zero-order valence-corrected chi connectivity index (χ0v) is 89.6. The predicted octanol–water partition coefficient (Wildman–Crippen LogP) is 1.80. The number of para-hydroxylation sites is 1. The minimum Gasteiger partial charge on any atom is -0.508 e. The minimum absolute atomic E-state index is 0.000548. The monoisotopic (exact) mass is 2100 g/mol. The van der Waals surface area contributed by atoms with Gasteiger partial charge in [0.15, 0.2) is 28.9 Å². The second kappa shape index (κ2) is 65.9. The van der Waals surface area contributed by atoms with E-state index >= 15 is 24.0 Å². The normalized spacial score (nSPS) is 21.5. The van der Waals surface area contributed by atoms with Crippen LogP contribution in [0.3, 0.4) is 0 Å². The van der Waals surface area contributed by atoms with E-state index in [0.717, 1.165) is 0 Å². The Bertz CT molecular complexity index is 5210. The van der Waals surface area contributed by atoms with Crippen LogP contribution in [-0.2, 0) is 115 Å². The molecule has 24 N–H and O–H groups in total. The number of phenolic OH excluding ortho intramolecular Hbond substituents is 1. The lowest BCUT2D eigenvalue weighted by atomic mass is 9.84. The second-order valence-electron chi connectivity index (χ2n) is 40.7. The van der Waals surface area contributed by atoms with E-state index in [9.17, 15) is 87.2 Å². The van der Waals surface area contributed by atoms with Crippen molar-refractivity contribution in [3.8, 4) is 5.75 Å². The molecule has 830 valence electrons. The molecule has 0 spiro atoms. The molecule has 8 amide bonds. The van der Waals surface area contributed by atoms with Gasteiger partial charge in [0.25, 0.3) is 0 Å². The van der Waals surface area contributed by atoms with Gasteiger partial charge >= 0.3 is 5.97 Å². The molecule has 1 aliphatic heterocycles. The minimum atomic E-state index is -2.19. The molecule has 0 unspecified atom stereocenters. The molecule has 0 bridgehead atoms. The summed E-state index contributed by atoms with van der Waals surface area (Å²) in [6, 6.07) is 4.65. The highest BCUT2D eigenvalue weighted by Gasteiger charge is 2.45. The Kier molecular flexibility index (Phi) is 56.3. The Labute approximate surface area is 878 Å². The zero-order valence-electron chi connectivity index (χ0n) is 89.6. The summed E-state index contributed by atoms with van der Waals surface area (Å²) < 4.78 is 0. The van der Waals surface area contributed by atoms with Crippen molar-refractivity contribution in [1.29, 1.82) is 0 Å². The number of ketones is 11. The van der Waals surface area contributed by atoms with E-state index in [1.54, 1.807) is 121 Å². The summed E-state index contributed by atoms with van der Waals surface area (Å²) in [7, 11) is 1.67. The van der Waals surface area contributed by atoms with Gasteiger partial charge in [0.2, 0.25) is 58.8 Å². The van der Waals surface area contributed by atoms with Gasteiger partial charge in [-0.3, -0.25) is 106 Å². The highest BCUT2D eigenvalue weighted by atomic mass is 16.4. The molecule has 0 fully saturated rings. The Morgan fingerprint density at radius 1 is 0.520 bits per heavy atom. The average Bonchev–Trinajstić information content (AvgIpc) is 1.14. The van der Waals surface area contributed by atoms with E-state index in [1.165, 1.54) is 58.9 Å². The van der Waals surface area contributed by atoms with Crippen LogP contribution >= 0.6 is 0 Å². The second-order valence-corrected chi connectivity index (χ2v) is 40.7. The molecule has 0 radical (unpaired) electrons. The fourth-order valence-corrected chi connectivity index (χ4v) is 17.0. The molecule has 0 saturated heterocycles. The number of nitrogens with two attached hydrogens (primary N) is 2. The number of carbonyl (C=O) groups is 20. The summed E-state index contributed by atoms with van der Waals surface area (Å²) in [4.78, 5) is 283. The number of amides is 8. The lowest BCUT2D eigenvalue weighted by molar-refractivity contribution is -0.144. The van der Waals surface area contributed by atoms with Crippen molar-refractivity contribution < 1.29 is 111 Å². The highest BCUT2D eigenvalue weighted by Crippen LogP contribution is 2.26. The van der Waals surface area contributed by atoms with E-state index in [1.807, 2.05) is 26.0 Å². The number of phenols is 1. The lowest BCUT2D eigenvalue weighted by Crippen LogP contribution is -2.64.